The monoisotopic (exact) mass is 318 g/mol. The molecule has 4 nitrogen and oxygen atoms in total. The van der Waals surface area contributed by atoms with Gasteiger partial charge < -0.3 is 9.84 Å². The molecule has 0 spiro atoms. The van der Waals surface area contributed by atoms with Crippen molar-refractivity contribution in [3.8, 4) is 5.75 Å². The Morgan fingerprint density at radius 1 is 1.18 bits per heavy atom. The van der Waals surface area contributed by atoms with Crippen LogP contribution < -0.4 is 0 Å². The van der Waals surface area contributed by atoms with E-state index in [0.717, 1.165) is 15.7 Å². The molecule has 0 aliphatic heterocycles. The van der Waals surface area contributed by atoms with Gasteiger partial charge in [0.2, 0.25) is 0 Å². The molecule has 2 aromatic rings. The van der Waals surface area contributed by atoms with E-state index in [1.165, 1.54) is 25.8 Å². The largest absolute Gasteiger partial charge is 0.508 e. The zero-order chi connectivity index (χ0) is 16.1. The minimum Gasteiger partial charge on any atom is -0.508 e. The van der Waals surface area contributed by atoms with Crippen LogP contribution in [0.25, 0.3) is 10.8 Å². The van der Waals surface area contributed by atoms with Crippen LogP contribution in [0, 0.1) is 0 Å². The van der Waals surface area contributed by atoms with Gasteiger partial charge >= 0.3 is 5.97 Å². The zero-order valence-electron chi connectivity index (χ0n) is 12.5. The Balaban J connectivity index is 2.14. The smallest absolute Gasteiger partial charge is 0.305 e. The Bertz CT molecular complexity index is 696. The number of hydrogen-bond donors (Lipinski definition) is 1. The molecule has 1 N–H and O–H groups in total. The summed E-state index contributed by atoms with van der Waals surface area (Å²) in [7, 11) is 1.34. The van der Waals surface area contributed by atoms with Crippen LogP contribution in [0.3, 0.4) is 0 Å². The van der Waals surface area contributed by atoms with Crippen molar-refractivity contribution in [1.82, 2.24) is 0 Å². The van der Waals surface area contributed by atoms with E-state index in [9.17, 15) is 14.7 Å². The summed E-state index contributed by atoms with van der Waals surface area (Å²) in [6.07, 6.45) is 0.690. The minimum atomic E-state index is -0.305. The maximum atomic E-state index is 11.8. The number of aromatic hydroxyl groups is 1. The molecule has 2 rings (SSSR count). The number of ketones is 1. The first kappa shape index (κ1) is 16.4. The third kappa shape index (κ3) is 4.24. The van der Waals surface area contributed by atoms with Crippen molar-refractivity contribution in [1.29, 1.82) is 0 Å². The lowest BCUT2D eigenvalue weighted by molar-refractivity contribution is -0.140. The number of hydrogen-bond acceptors (Lipinski definition) is 5. The van der Waals surface area contributed by atoms with Gasteiger partial charge in [-0.1, -0.05) is 12.1 Å². The average molecular weight is 318 g/mol. The van der Waals surface area contributed by atoms with Gasteiger partial charge in [0, 0.05) is 11.3 Å². The Morgan fingerprint density at radius 3 is 2.55 bits per heavy atom. The molecule has 5 heteroatoms. The van der Waals surface area contributed by atoms with E-state index in [1.807, 2.05) is 24.3 Å². The fourth-order valence-corrected chi connectivity index (χ4v) is 3.22. The topological polar surface area (TPSA) is 63.6 Å². The van der Waals surface area contributed by atoms with Crippen LogP contribution in [0.2, 0.25) is 0 Å². The number of carbonyl (C=O) groups excluding carboxylic acids is 2. The third-order valence-corrected chi connectivity index (χ3v) is 4.74. The average Bonchev–Trinajstić information content (AvgIpc) is 2.50. The van der Waals surface area contributed by atoms with Crippen LogP contribution in [0.4, 0.5) is 0 Å². The summed E-state index contributed by atoms with van der Waals surface area (Å²) in [5.74, 6) is -0.0341. The van der Waals surface area contributed by atoms with Gasteiger partial charge in [0.05, 0.1) is 12.4 Å². The van der Waals surface area contributed by atoms with Gasteiger partial charge in [-0.2, -0.15) is 0 Å². The molecule has 0 heterocycles. The molecule has 1 unspecified atom stereocenters. The molecule has 0 aromatic heterocycles. The molecule has 0 radical (unpaired) electrons. The summed E-state index contributed by atoms with van der Waals surface area (Å²) >= 11 is 1.45. The molecule has 0 fully saturated rings. The van der Waals surface area contributed by atoms with E-state index < -0.39 is 0 Å². The molecule has 0 saturated heterocycles. The van der Waals surface area contributed by atoms with Crippen LogP contribution in [-0.2, 0) is 14.3 Å². The highest BCUT2D eigenvalue weighted by Crippen LogP contribution is 2.30. The van der Waals surface area contributed by atoms with Crippen LogP contribution in [-0.4, -0.2) is 29.2 Å². The number of thioether (sulfide) groups is 1. The number of phenolic OH excluding ortho intramolecular Hbond substituents is 1. The predicted molar refractivity (Wildman–Crippen MR) is 87.2 cm³/mol. The first-order chi connectivity index (χ1) is 10.5. The molecule has 0 aliphatic carbocycles. The number of rotatable bonds is 6. The Kier molecular flexibility index (Phi) is 5.44. The van der Waals surface area contributed by atoms with E-state index in [1.54, 1.807) is 12.1 Å². The molecule has 1 atom stereocenters. The third-order valence-electron chi connectivity index (χ3n) is 3.37. The van der Waals surface area contributed by atoms with Gasteiger partial charge in [-0.05, 0) is 48.4 Å². The fraction of sp³-hybridized carbons (Fsp3) is 0.294. The molecular weight excluding hydrogens is 300 g/mol. The van der Waals surface area contributed by atoms with Crippen molar-refractivity contribution in [2.24, 2.45) is 0 Å². The number of fused-ring (bicyclic) bond motifs is 1. The highest BCUT2D eigenvalue weighted by Gasteiger charge is 2.18. The van der Waals surface area contributed by atoms with Crippen molar-refractivity contribution in [2.45, 2.75) is 29.9 Å². The number of ether oxygens (including phenoxy) is 1. The molecule has 0 aliphatic rings. The lowest BCUT2D eigenvalue weighted by atomic mass is 10.1. The van der Waals surface area contributed by atoms with Gasteiger partial charge in [0.25, 0.3) is 0 Å². The second-order valence-electron chi connectivity index (χ2n) is 5.03. The maximum Gasteiger partial charge on any atom is 0.305 e. The molecule has 116 valence electrons. The summed E-state index contributed by atoms with van der Waals surface area (Å²) in [6.45, 7) is 1.54. The second kappa shape index (κ2) is 7.31. The SMILES string of the molecule is COC(=O)CCC(Sc1ccc2cc(O)ccc2c1)C(C)=O. The summed E-state index contributed by atoms with van der Waals surface area (Å²) in [6, 6.07) is 11.0. The molecular formula is C17H18O4S. The molecule has 0 saturated carbocycles. The summed E-state index contributed by atoms with van der Waals surface area (Å²) in [4.78, 5) is 23.9. The highest BCUT2D eigenvalue weighted by molar-refractivity contribution is 8.00. The first-order valence-electron chi connectivity index (χ1n) is 6.96. The van der Waals surface area contributed by atoms with Crippen molar-refractivity contribution in [3.05, 3.63) is 36.4 Å². The van der Waals surface area contributed by atoms with E-state index in [4.69, 9.17) is 0 Å². The van der Waals surface area contributed by atoms with Crippen molar-refractivity contribution in [3.63, 3.8) is 0 Å². The van der Waals surface area contributed by atoms with Crippen LogP contribution >= 0.6 is 11.8 Å². The van der Waals surface area contributed by atoms with Crippen LogP contribution in [0.1, 0.15) is 19.8 Å². The van der Waals surface area contributed by atoms with Gasteiger partial charge in [-0.3, -0.25) is 9.59 Å². The number of phenols is 1. The summed E-state index contributed by atoms with van der Waals surface area (Å²) < 4.78 is 4.62. The zero-order valence-corrected chi connectivity index (χ0v) is 13.4. The Labute approximate surface area is 133 Å². The summed E-state index contributed by atoms with van der Waals surface area (Å²) in [5, 5.41) is 11.1. The quantitative estimate of drug-likeness (QED) is 0.652. The lowest BCUT2D eigenvalue weighted by Gasteiger charge is -2.13. The van der Waals surface area contributed by atoms with Gasteiger partial charge in [0.15, 0.2) is 0 Å². The maximum absolute atomic E-state index is 11.8. The van der Waals surface area contributed by atoms with E-state index >= 15 is 0 Å². The molecule has 2 aromatic carbocycles. The van der Waals surface area contributed by atoms with E-state index in [0.29, 0.717) is 6.42 Å². The Morgan fingerprint density at radius 2 is 1.86 bits per heavy atom. The van der Waals surface area contributed by atoms with Crippen molar-refractivity contribution < 1.29 is 19.4 Å². The van der Waals surface area contributed by atoms with Crippen LogP contribution in [0.15, 0.2) is 41.3 Å². The first-order valence-corrected chi connectivity index (χ1v) is 7.84. The second-order valence-corrected chi connectivity index (χ2v) is 6.30. The number of carbonyl (C=O) groups is 2. The standard InChI is InChI=1S/C17H18O4S/c1-11(18)16(7-8-17(20)21-2)22-15-6-4-12-9-14(19)5-3-13(12)10-15/h3-6,9-10,16,19H,7-8H2,1-2H3. The predicted octanol–water partition coefficient (Wildman–Crippen LogP) is 3.55. The van der Waals surface area contributed by atoms with Crippen LogP contribution in [0.5, 0.6) is 5.75 Å². The van der Waals surface area contributed by atoms with Gasteiger partial charge in [0.1, 0.15) is 11.5 Å². The van der Waals surface area contributed by atoms with E-state index in [-0.39, 0.29) is 29.2 Å². The number of benzene rings is 2. The normalized spacial score (nSPS) is 12.1. The Hall–Kier alpha value is -2.01. The van der Waals surface area contributed by atoms with E-state index in [2.05, 4.69) is 4.74 Å². The van der Waals surface area contributed by atoms with Crippen molar-refractivity contribution >= 4 is 34.3 Å². The minimum absolute atomic E-state index is 0.0414. The fourth-order valence-electron chi connectivity index (χ4n) is 2.14. The molecule has 0 amide bonds. The number of methoxy groups -OCH3 is 1. The number of esters is 1. The van der Waals surface area contributed by atoms with Gasteiger partial charge in [-0.15, -0.1) is 11.8 Å². The summed E-state index contributed by atoms with van der Waals surface area (Å²) in [5.41, 5.74) is 0. The molecule has 22 heavy (non-hydrogen) atoms. The molecule has 0 bridgehead atoms. The van der Waals surface area contributed by atoms with Crippen molar-refractivity contribution in [2.75, 3.05) is 7.11 Å². The number of Topliss-reactive ketones (excluding diaryl/α,β-unsaturated/α-hetero) is 1. The van der Waals surface area contributed by atoms with Gasteiger partial charge in [-0.25, -0.2) is 0 Å². The highest BCUT2D eigenvalue weighted by atomic mass is 32.2. The lowest BCUT2D eigenvalue weighted by Crippen LogP contribution is -2.15.